The van der Waals surface area contributed by atoms with Crippen LogP contribution in [0.25, 0.3) is 11.3 Å². The van der Waals surface area contributed by atoms with Crippen LogP contribution in [0.5, 0.6) is 0 Å². The molecular formula is C15H21N3O. The van der Waals surface area contributed by atoms with Gasteiger partial charge in [0.15, 0.2) is 0 Å². The fourth-order valence-corrected chi connectivity index (χ4v) is 2.10. The maximum Gasteiger partial charge on any atom is 0.116 e. The van der Waals surface area contributed by atoms with Gasteiger partial charge in [0, 0.05) is 12.1 Å². The average molecular weight is 259 g/mol. The zero-order valence-electron chi connectivity index (χ0n) is 11.8. The zero-order chi connectivity index (χ0) is 13.8. The van der Waals surface area contributed by atoms with Crippen LogP contribution in [-0.2, 0) is 13.2 Å². The summed E-state index contributed by atoms with van der Waals surface area (Å²) < 4.78 is 1.90. The molecule has 1 heterocycles. The number of rotatable bonds is 5. The van der Waals surface area contributed by atoms with E-state index in [-0.39, 0.29) is 6.61 Å². The van der Waals surface area contributed by atoms with E-state index >= 15 is 0 Å². The van der Waals surface area contributed by atoms with Crippen molar-refractivity contribution in [3.63, 3.8) is 0 Å². The van der Waals surface area contributed by atoms with Gasteiger partial charge in [0.1, 0.15) is 5.69 Å². The predicted octanol–water partition coefficient (Wildman–Crippen LogP) is 2.79. The van der Waals surface area contributed by atoms with Gasteiger partial charge in [-0.05, 0) is 25.3 Å². The predicted molar refractivity (Wildman–Crippen MR) is 75.6 cm³/mol. The van der Waals surface area contributed by atoms with Crippen molar-refractivity contribution in [2.24, 2.45) is 5.92 Å². The Morgan fingerprint density at radius 1 is 1.32 bits per heavy atom. The maximum absolute atomic E-state index is 9.42. The third-order valence-corrected chi connectivity index (χ3v) is 3.16. The number of benzene rings is 1. The largest absolute Gasteiger partial charge is 0.390 e. The van der Waals surface area contributed by atoms with E-state index in [4.69, 9.17) is 0 Å². The standard InChI is InChI=1S/C15H21N3O/c1-11(2)7-8-18-15(14(10-19)16-17-18)13-6-4-5-12(3)9-13/h4-6,9,11,19H,7-8,10H2,1-3H3. The zero-order valence-corrected chi connectivity index (χ0v) is 11.8. The molecule has 0 amide bonds. The lowest BCUT2D eigenvalue weighted by molar-refractivity contribution is 0.277. The van der Waals surface area contributed by atoms with Crippen molar-refractivity contribution in [3.05, 3.63) is 35.5 Å². The summed E-state index contributed by atoms with van der Waals surface area (Å²) in [4.78, 5) is 0. The van der Waals surface area contributed by atoms with E-state index in [1.165, 1.54) is 5.56 Å². The quantitative estimate of drug-likeness (QED) is 0.898. The first kappa shape index (κ1) is 13.7. The van der Waals surface area contributed by atoms with Gasteiger partial charge < -0.3 is 5.11 Å². The third kappa shape index (κ3) is 3.20. The second-order valence-electron chi connectivity index (χ2n) is 5.32. The molecule has 1 N–H and O–H groups in total. The monoisotopic (exact) mass is 259 g/mol. The van der Waals surface area contributed by atoms with Crippen molar-refractivity contribution in [3.8, 4) is 11.3 Å². The second kappa shape index (κ2) is 5.97. The van der Waals surface area contributed by atoms with E-state index in [1.54, 1.807) is 0 Å². The van der Waals surface area contributed by atoms with Crippen molar-refractivity contribution in [2.75, 3.05) is 0 Å². The van der Waals surface area contributed by atoms with Gasteiger partial charge >= 0.3 is 0 Å². The molecule has 102 valence electrons. The van der Waals surface area contributed by atoms with Crippen LogP contribution >= 0.6 is 0 Å². The average Bonchev–Trinajstić information content (AvgIpc) is 2.79. The van der Waals surface area contributed by atoms with Crippen molar-refractivity contribution in [1.29, 1.82) is 0 Å². The van der Waals surface area contributed by atoms with Gasteiger partial charge in [-0.25, -0.2) is 4.68 Å². The van der Waals surface area contributed by atoms with E-state index in [0.717, 1.165) is 24.2 Å². The molecule has 4 nitrogen and oxygen atoms in total. The molecular weight excluding hydrogens is 238 g/mol. The molecule has 0 unspecified atom stereocenters. The first-order valence-electron chi connectivity index (χ1n) is 6.72. The molecule has 0 aliphatic heterocycles. The number of nitrogens with zero attached hydrogens (tertiary/aromatic N) is 3. The molecule has 0 saturated heterocycles. The van der Waals surface area contributed by atoms with Gasteiger partial charge in [-0.3, -0.25) is 0 Å². The van der Waals surface area contributed by atoms with Crippen LogP contribution in [0.3, 0.4) is 0 Å². The molecule has 19 heavy (non-hydrogen) atoms. The van der Waals surface area contributed by atoms with E-state index in [2.05, 4.69) is 43.2 Å². The van der Waals surface area contributed by atoms with Crippen molar-refractivity contribution in [2.45, 2.75) is 40.3 Å². The van der Waals surface area contributed by atoms with Crippen LogP contribution in [0.2, 0.25) is 0 Å². The highest BCUT2D eigenvalue weighted by Crippen LogP contribution is 2.24. The Morgan fingerprint density at radius 3 is 2.74 bits per heavy atom. The second-order valence-corrected chi connectivity index (χ2v) is 5.32. The summed E-state index contributed by atoms with van der Waals surface area (Å²) in [5, 5.41) is 17.7. The Kier molecular flexibility index (Phi) is 4.32. The van der Waals surface area contributed by atoms with Crippen LogP contribution < -0.4 is 0 Å². The lowest BCUT2D eigenvalue weighted by Gasteiger charge is -2.10. The molecule has 0 fully saturated rings. The summed E-state index contributed by atoms with van der Waals surface area (Å²) in [6.45, 7) is 7.19. The topological polar surface area (TPSA) is 50.9 Å². The summed E-state index contributed by atoms with van der Waals surface area (Å²) >= 11 is 0. The lowest BCUT2D eigenvalue weighted by Crippen LogP contribution is -2.06. The Morgan fingerprint density at radius 2 is 2.11 bits per heavy atom. The molecule has 0 radical (unpaired) electrons. The van der Waals surface area contributed by atoms with Gasteiger partial charge in [-0.15, -0.1) is 5.10 Å². The maximum atomic E-state index is 9.42. The van der Waals surface area contributed by atoms with Gasteiger partial charge in [-0.2, -0.15) is 0 Å². The number of hydrogen-bond donors (Lipinski definition) is 1. The van der Waals surface area contributed by atoms with E-state index in [9.17, 15) is 5.11 Å². The van der Waals surface area contributed by atoms with Crippen LogP contribution in [0, 0.1) is 12.8 Å². The number of aliphatic hydroxyl groups excluding tert-OH is 1. The minimum atomic E-state index is -0.0784. The lowest BCUT2D eigenvalue weighted by atomic mass is 10.1. The molecule has 0 saturated carbocycles. The normalized spacial score (nSPS) is 11.2. The van der Waals surface area contributed by atoms with Crippen molar-refractivity contribution < 1.29 is 5.11 Å². The van der Waals surface area contributed by atoms with Gasteiger partial charge in [0.05, 0.1) is 12.3 Å². The van der Waals surface area contributed by atoms with Gasteiger partial charge in [0.25, 0.3) is 0 Å². The summed E-state index contributed by atoms with van der Waals surface area (Å²) in [6, 6.07) is 8.22. The number of hydrogen-bond acceptors (Lipinski definition) is 3. The number of aliphatic hydroxyl groups is 1. The van der Waals surface area contributed by atoms with Crippen LogP contribution in [-0.4, -0.2) is 20.1 Å². The highest BCUT2D eigenvalue weighted by Gasteiger charge is 2.14. The highest BCUT2D eigenvalue weighted by molar-refractivity contribution is 5.62. The Hall–Kier alpha value is -1.68. The Balaban J connectivity index is 2.38. The Labute approximate surface area is 114 Å². The summed E-state index contributed by atoms with van der Waals surface area (Å²) in [6.07, 6.45) is 1.05. The van der Waals surface area contributed by atoms with Crippen LogP contribution in [0.15, 0.2) is 24.3 Å². The SMILES string of the molecule is Cc1cccc(-c2c(CO)nnn2CCC(C)C)c1. The summed E-state index contributed by atoms with van der Waals surface area (Å²) in [5.74, 6) is 0.618. The molecule has 2 aromatic rings. The minimum absolute atomic E-state index is 0.0784. The number of aryl methyl sites for hydroxylation is 2. The molecule has 4 heteroatoms. The third-order valence-electron chi connectivity index (χ3n) is 3.16. The van der Waals surface area contributed by atoms with Crippen molar-refractivity contribution in [1.82, 2.24) is 15.0 Å². The molecule has 1 aromatic heterocycles. The molecule has 0 bridgehead atoms. The molecule has 0 atom stereocenters. The molecule has 0 aliphatic carbocycles. The van der Waals surface area contributed by atoms with Crippen LogP contribution in [0.4, 0.5) is 0 Å². The minimum Gasteiger partial charge on any atom is -0.390 e. The summed E-state index contributed by atoms with van der Waals surface area (Å²) in [5.41, 5.74) is 3.84. The molecule has 0 spiro atoms. The highest BCUT2D eigenvalue weighted by atomic mass is 16.3. The fraction of sp³-hybridized carbons (Fsp3) is 0.467. The first-order chi connectivity index (χ1) is 9.11. The van der Waals surface area contributed by atoms with Gasteiger partial charge in [-0.1, -0.05) is 42.8 Å². The first-order valence-corrected chi connectivity index (χ1v) is 6.72. The van der Waals surface area contributed by atoms with E-state index in [1.807, 2.05) is 16.8 Å². The van der Waals surface area contributed by atoms with Crippen molar-refractivity contribution >= 4 is 0 Å². The molecule has 2 rings (SSSR count). The Bertz CT molecular complexity index is 546. The smallest absolute Gasteiger partial charge is 0.116 e. The van der Waals surface area contributed by atoms with E-state index in [0.29, 0.717) is 11.6 Å². The van der Waals surface area contributed by atoms with Crippen LogP contribution in [0.1, 0.15) is 31.5 Å². The number of aromatic nitrogens is 3. The van der Waals surface area contributed by atoms with Gasteiger partial charge in [0.2, 0.25) is 0 Å². The summed E-state index contributed by atoms with van der Waals surface area (Å²) in [7, 11) is 0. The molecule has 0 aliphatic rings. The fourth-order valence-electron chi connectivity index (χ4n) is 2.10. The molecule has 1 aromatic carbocycles. The van der Waals surface area contributed by atoms with E-state index < -0.39 is 0 Å².